The predicted octanol–water partition coefficient (Wildman–Crippen LogP) is -0.293. The Bertz CT molecular complexity index is 2160. The lowest BCUT2D eigenvalue weighted by molar-refractivity contribution is -0.341. The number of nitrogens with zero attached hydrogens (tertiary/aromatic N) is 1. The van der Waals surface area contributed by atoms with Crippen LogP contribution in [0.25, 0.3) is 11.0 Å². The Morgan fingerprint density at radius 2 is 1.47 bits per heavy atom. The third kappa shape index (κ3) is 13.0. The Morgan fingerprint density at radius 1 is 0.767 bits per heavy atom. The van der Waals surface area contributed by atoms with E-state index in [9.17, 15) is 55.2 Å². The number of aliphatic hydroxyl groups is 8. The number of ether oxygens (including phenoxy) is 8. The average molecular weight is 1040 g/mol. The van der Waals surface area contributed by atoms with Crippen molar-refractivity contribution < 1.29 is 92.8 Å². The van der Waals surface area contributed by atoms with E-state index in [4.69, 9.17) is 42.3 Å². The Balaban J connectivity index is 1.04. The van der Waals surface area contributed by atoms with E-state index in [2.05, 4.69) is 5.32 Å². The number of carbonyl (C=O) groups excluding carboxylic acids is 2. The molecule has 410 valence electrons. The van der Waals surface area contributed by atoms with Crippen molar-refractivity contribution in [3.05, 3.63) is 46.3 Å². The molecule has 1 aromatic heterocycles. The van der Waals surface area contributed by atoms with Crippen LogP contribution in [0, 0.1) is 17.8 Å². The summed E-state index contributed by atoms with van der Waals surface area (Å²) < 4.78 is 55.8. The monoisotopic (exact) mass is 1040 g/mol. The molecule has 9 N–H and O–H groups in total. The van der Waals surface area contributed by atoms with Crippen molar-refractivity contribution in [1.29, 1.82) is 0 Å². The SMILES string of the molecule is CCC1CC(CO[C@H]2OC(CO)[C@@H](O)C(OCc3cc4ccccc4oc3=O)C2O)C[C@@H](O[C@@H]2OC(CO)[C@H](O)C(O[C@@H](CC3CCCCC3)C(=O)N3CCC3)C2NC(C)=O)C1O[C@@H]1OC(C)[C@@H](O)C(O)C1O. The van der Waals surface area contributed by atoms with Crippen LogP contribution in [0.4, 0.5) is 0 Å². The summed E-state index contributed by atoms with van der Waals surface area (Å²) in [6.07, 6.45) is -15.6. The van der Waals surface area contributed by atoms with Crippen LogP contribution in [0.15, 0.2) is 39.5 Å². The highest BCUT2D eigenvalue weighted by atomic mass is 16.7. The fourth-order valence-corrected chi connectivity index (χ4v) is 11.4. The van der Waals surface area contributed by atoms with Crippen molar-refractivity contribution in [1.82, 2.24) is 10.2 Å². The number of rotatable bonds is 19. The molecule has 0 bridgehead atoms. The molecule has 2 aromatic rings. The molecule has 5 heterocycles. The normalized spacial score (nSPS) is 38.9. The molecule has 12 unspecified atom stereocenters. The number of hydrogen-bond donors (Lipinski definition) is 9. The largest absolute Gasteiger partial charge is 0.422 e. The van der Waals surface area contributed by atoms with Crippen LogP contribution in [-0.2, 0) is 54.1 Å². The molecule has 1 aromatic carbocycles. The number of aliphatic hydroxyl groups excluding tert-OH is 8. The molecular formula is C51H76N2O20. The molecule has 0 spiro atoms. The second-order valence-electron chi connectivity index (χ2n) is 20.8. The minimum Gasteiger partial charge on any atom is -0.422 e. The first-order chi connectivity index (χ1) is 35.1. The molecule has 73 heavy (non-hydrogen) atoms. The van der Waals surface area contributed by atoms with Crippen LogP contribution < -0.4 is 10.9 Å². The highest BCUT2D eigenvalue weighted by molar-refractivity contribution is 5.81. The summed E-state index contributed by atoms with van der Waals surface area (Å²) in [6, 6.07) is 7.25. The lowest BCUT2D eigenvalue weighted by Gasteiger charge is -2.50. The maximum atomic E-state index is 14.1. The minimum atomic E-state index is -1.68. The number of carbonyl (C=O) groups is 2. The molecule has 2 aliphatic carbocycles. The lowest BCUT2D eigenvalue weighted by Crippen LogP contribution is -2.67. The highest BCUT2D eigenvalue weighted by Crippen LogP contribution is 2.41. The van der Waals surface area contributed by atoms with Gasteiger partial charge in [0.1, 0.15) is 78.8 Å². The van der Waals surface area contributed by atoms with E-state index in [-0.39, 0.29) is 37.0 Å². The number of para-hydroxylation sites is 1. The fraction of sp³-hybridized carbons (Fsp3) is 0.784. The van der Waals surface area contributed by atoms with Gasteiger partial charge in [0.2, 0.25) is 5.91 Å². The van der Waals surface area contributed by atoms with E-state index < -0.39 is 147 Å². The molecule has 8 rings (SSSR count). The summed E-state index contributed by atoms with van der Waals surface area (Å²) in [6.45, 7) is 4.02. The second kappa shape index (κ2) is 25.3. The summed E-state index contributed by atoms with van der Waals surface area (Å²) in [7, 11) is 0. The maximum absolute atomic E-state index is 14.1. The van der Waals surface area contributed by atoms with Crippen LogP contribution in [0.1, 0.15) is 90.5 Å². The third-order valence-corrected chi connectivity index (χ3v) is 15.7. The van der Waals surface area contributed by atoms with Crippen LogP contribution in [0.3, 0.4) is 0 Å². The Hall–Kier alpha value is -3.27. The first-order valence-electron chi connectivity index (χ1n) is 26.1. The van der Waals surface area contributed by atoms with Gasteiger partial charge in [-0.25, -0.2) is 4.79 Å². The van der Waals surface area contributed by atoms with Gasteiger partial charge in [-0.1, -0.05) is 63.6 Å². The summed E-state index contributed by atoms with van der Waals surface area (Å²) in [4.78, 5) is 41.7. The number of nitrogens with one attached hydrogen (secondary N) is 1. The quantitative estimate of drug-likeness (QED) is 0.0817. The van der Waals surface area contributed by atoms with Gasteiger partial charge in [-0.2, -0.15) is 0 Å². The highest BCUT2D eigenvalue weighted by Gasteiger charge is 2.53. The van der Waals surface area contributed by atoms with Crippen molar-refractivity contribution in [3.8, 4) is 0 Å². The molecular weight excluding hydrogens is 961 g/mol. The zero-order chi connectivity index (χ0) is 52.1. The summed E-state index contributed by atoms with van der Waals surface area (Å²) in [5, 5.41) is 91.4. The fourth-order valence-electron chi connectivity index (χ4n) is 11.4. The predicted molar refractivity (Wildman–Crippen MR) is 254 cm³/mol. The molecule has 2 saturated carbocycles. The first-order valence-corrected chi connectivity index (χ1v) is 26.1. The minimum absolute atomic E-state index is 0.101. The molecule has 0 radical (unpaired) electrons. The number of fused-ring (bicyclic) bond motifs is 1. The van der Waals surface area contributed by atoms with Gasteiger partial charge in [-0.05, 0) is 62.5 Å². The van der Waals surface area contributed by atoms with Crippen LogP contribution in [0.2, 0.25) is 0 Å². The number of amides is 2. The van der Waals surface area contributed by atoms with Crippen molar-refractivity contribution in [2.75, 3.05) is 32.9 Å². The summed E-state index contributed by atoms with van der Waals surface area (Å²) in [5.74, 6) is -1.38. The van der Waals surface area contributed by atoms with E-state index >= 15 is 0 Å². The molecule has 2 amide bonds. The average Bonchev–Trinajstić information content (AvgIpc) is 3.36. The van der Waals surface area contributed by atoms with E-state index in [1.54, 1.807) is 35.2 Å². The smallest absolute Gasteiger partial charge is 0.341 e. The summed E-state index contributed by atoms with van der Waals surface area (Å²) >= 11 is 0. The van der Waals surface area contributed by atoms with Gasteiger partial charge in [0.15, 0.2) is 18.9 Å². The Morgan fingerprint density at radius 3 is 2.14 bits per heavy atom. The van der Waals surface area contributed by atoms with Gasteiger partial charge in [-0.15, -0.1) is 0 Å². The van der Waals surface area contributed by atoms with Crippen LogP contribution in [-0.4, -0.2) is 201 Å². The molecule has 6 aliphatic rings. The van der Waals surface area contributed by atoms with Crippen molar-refractivity contribution in [2.45, 2.75) is 202 Å². The van der Waals surface area contributed by atoms with Crippen LogP contribution >= 0.6 is 0 Å². The van der Waals surface area contributed by atoms with E-state index in [1.807, 2.05) is 6.92 Å². The Labute approximate surface area is 423 Å². The standard InChI is InChI=1S/C51H76N2O20/c1-4-29-17-28(23-66-50-43(62)46(40(59)36(22-55)72-50)65-24-31-20-30-13-8-9-14-32(30)69-48(31)64)19-33(44(29)73-51-42(61)41(60)38(57)25(2)67-51)70-49-37(52-26(3)56)45(39(58)35(21-54)71-49)68-34(47(63)53-15-10-16-53)18-27-11-6-5-7-12-27/h8-9,13-14,20,25,27-29,33-46,49-51,54-55,57-62H,4-7,10-12,15-19,21-24H2,1-3H3,(H,52,56)/t25?,28?,29?,33-,34+,35?,36?,37?,38-,39+,40-,41?,42?,43?,44?,45?,46?,49-,50+,51+/m1/s1. The van der Waals surface area contributed by atoms with Gasteiger partial charge < -0.3 is 93.4 Å². The van der Waals surface area contributed by atoms with E-state index in [1.165, 1.54) is 13.8 Å². The van der Waals surface area contributed by atoms with Gasteiger partial charge in [0.25, 0.3) is 5.91 Å². The third-order valence-electron chi connectivity index (χ3n) is 15.7. The van der Waals surface area contributed by atoms with Gasteiger partial charge in [0.05, 0.1) is 50.3 Å². The van der Waals surface area contributed by atoms with Crippen molar-refractivity contribution >= 4 is 22.8 Å². The zero-order valence-corrected chi connectivity index (χ0v) is 41.7. The molecule has 22 nitrogen and oxygen atoms in total. The summed E-state index contributed by atoms with van der Waals surface area (Å²) in [5.41, 5.74) is -0.165. The number of hydrogen-bond acceptors (Lipinski definition) is 20. The Kier molecular flexibility index (Phi) is 19.4. The molecule has 6 fully saturated rings. The molecule has 4 aliphatic heterocycles. The van der Waals surface area contributed by atoms with Gasteiger partial charge >= 0.3 is 5.63 Å². The maximum Gasteiger partial charge on any atom is 0.341 e. The number of benzene rings is 1. The lowest BCUT2D eigenvalue weighted by atomic mass is 9.76. The molecule has 22 heteroatoms. The van der Waals surface area contributed by atoms with E-state index in [0.29, 0.717) is 43.3 Å². The zero-order valence-electron chi connectivity index (χ0n) is 41.7. The van der Waals surface area contributed by atoms with Crippen LogP contribution in [0.5, 0.6) is 0 Å². The topological polar surface area (TPSA) is 315 Å². The first kappa shape index (κ1) is 55.9. The molecule has 20 atom stereocenters. The van der Waals surface area contributed by atoms with E-state index in [0.717, 1.165) is 38.5 Å². The second-order valence-corrected chi connectivity index (χ2v) is 20.8. The van der Waals surface area contributed by atoms with Gasteiger partial charge in [0, 0.05) is 25.4 Å². The van der Waals surface area contributed by atoms with Crippen molar-refractivity contribution in [3.63, 3.8) is 0 Å². The van der Waals surface area contributed by atoms with Crippen molar-refractivity contribution in [2.24, 2.45) is 17.8 Å². The van der Waals surface area contributed by atoms with Gasteiger partial charge in [-0.3, -0.25) is 9.59 Å². The number of likely N-dealkylation sites (tertiary alicyclic amines) is 1. The molecule has 4 saturated heterocycles.